The van der Waals surface area contributed by atoms with E-state index in [0.29, 0.717) is 5.92 Å². The monoisotopic (exact) mass is 248 g/mol. The largest absolute Gasteiger partial charge is 0.388 e. The van der Waals surface area contributed by atoms with Gasteiger partial charge in [0.25, 0.3) is 0 Å². The molecule has 0 aliphatic carbocycles. The van der Waals surface area contributed by atoms with Crippen LogP contribution in [0.4, 0.5) is 0 Å². The first-order chi connectivity index (χ1) is 8.53. The van der Waals surface area contributed by atoms with Crippen molar-refractivity contribution in [3.63, 3.8) is 0 Å². The summed E-state index contributed by atoms with van der Waals surface area (Å²) in [7, 11) is 0. The van der Waals surface area contributed by atoms with E-state index < -0.39 is 0 Å². The van der Waals surface area contributed by atoms with E-state index in [0.717, 1.165) is 25.7 Å². The van der Waals surface area contributed by atoms with Gasteiger partial charge in [-0.15, -0.1) is 0 Å². The molecule has 1 aromatic rings. The molecule has 1 aromatic carbocycles. The molecule has 0 aliphatic rings. The first-order valence-corrected chi connectivity index (χ1v) is 7.35. The number of aliphatic hydroxyl groups is 1. The van der Waals surface area contributed by atoms with Crippen molar-refractivity contribution in [1.82, 2.24) is 0 Å². The maximum Gasteiger partial charge on any atom is 0.0797 e. The Morgan fingerprint density at radius 3 is 1.78 bits per heavy atom. The van der Waals surface area contributed by atoms with Crippen LogP contribution in [0.25, 0.3) is 0 Å². The van der Waals surface area contributed by atoms with Crippen molar-refractivity contribution >= 4 is 0 Å². The molecule has 18 heavy (non-hydrogen) atoms. The van der Waals surface area contributed by atoms with Gasteiger partial charge in [-0.2, -0.15) is 0 Å². The van der Waals surface area contributed by atoms with Crippen LogP contribution in [0, 0.1) is 5.92 Å². The molecule has 0 fully saturated rings. The summed E-state index contributed by atoms with van der Waals surface area (Å²) in [6, 6.07) is 4.55. The molecule has 0 heterocycles. The summed E-state index contributed by atoms with van der Waals surface area (Å²) in [6.45, 7) is 10.9. The minimum Gasteiger partial charge on any atom is -0.388 e. The molecule has 1 N–H and O–H groups in total. The zero-order valence-electron chi connectivity index (χ0n) is 12.6. The summed E-state index contributed by atoms with van der Waals surface area (Å²) in [5.74, 6) is 0.528. The molecule has 1 nitrogen and oxygen atoms in total. The number of aryl methyl sites for hydroxylation is 3. The van der Waals surface area contributed by atoms with Crippen molar-refractivity contribution in [3.8, 4) is 0 Å². The maximum atomic E-state index is 10.5. The quantitative estimate of drug-likeness (QED) is 0.788. The van der Waals surface area contributed by atoms with Gasteiger partial charge in [0, 0.05) is 0 Å². The Bertz CT molecular complexity index is 354. The molecule has 1 atom stereocenters. The molecule has 0 radical (unpaired) electrons. The Labute approximate surface area is 112 Å². The maximum absolute atomic E-state index is 10.5. The van der Waals surface area contributed by atoms with E-state index in [1.165, 1.54) is 22.3 Å². The normalized spacial score (nSPS) is 13.1. The Kier molecular flexibility index (Phi) is 5.87. The van der Waals surface area contributed by atoms with Crippen LogP contribution in [0.5, 0.6) is 0 Å². The lowest BCUT2D eigenvalue weighted by Crippen LogP contribution is -2.09. The van der Waals surface area contributed by atoms with Gasteiger partial charge in [0.2, 0.25) is 0 Å². The molecule has 1 heteroatoms. The van der Waals surface area contributed by atoms with Gasteiger partial charge in [-0.3, -0.25) is 0 Å². The summed E-state index contributed by atoms with van der Waals surface area (Å²) in [5.41, 5.74) is 5.26. The van der Waals surface area contributed by atoms with E-state index in [9.17, 15) is 5.11 Å². The fourth-order valence-corrected chi connectivity index (χ4v) is 2.63. The first-order valence-electron chi connectivity index (χ1n) is 7.35. The highest BCUT2D eigenvalue weighted by Gasteiger charge is 2.17. The van der Waals surface area contributed by atoms with Crippen LogP contribution < -0.4 is 0 Å². The van der Waals surface area contributed by atoms with E-state index in [1.807, 2.05) is 0 Å². The van der Waals surface area contributed by atoms with E-state index in [2.05, 4.69) is 46.8 Å². The van der Waals surface area contributed by atoms with Gasteiger partial charge in [0.15, 0.2) is 0 Å². The number of benzene rings is 1. The highest BCUT2D eigenvalue weighted by molar-refractivity contribution is 5.41. The lowest BCUT2D eigenvalue weighted by Gasteiger charge is -2.21. The second-order valence-corrected chi connectivity index (χ2v) is 5.53. The third-order valence-corrected chi connectivity index (χ3v) is 3.61. The van der Waals surface area contributed by atoms with Gasteiger partial charge in [0.05, 0.1) is 6.10 Å². The Hall–Kier alpha value is -0.820. The van der Waals surface area contributed by atoms with Crippen molar-refractivity contribution < 1.29 is 5.11 Å². The van der Waals surface area contributed by atoms with E-state index in [-0.39, 0.29) is 6.10 Å². The van der Waals surface area contributed by atoms with Crippen LogP contribution in [-0.4, -0.2) is 5.11 Å². The standard InChI is InChI=1S/C17H28O/c1-6-13-10-14(7-2)17(15(8-3)11-13)16(18)9-12(4)5/h10-12,16,18H,6-9H2,1-5H3. The smallest absolute Gasteiger partial charge is 0.0797 e. The molecule has 0 bridgehead atoms. The Morgan fingerprint density at radius 2 is 1.44 bits per heavy atom. The second kappa shape index (κ2) is 6.94. The summed E-state index contributed by atoms with van der Waals surface area (Å²) in [5, 5.41) is 10.5. The molecular weight excluding hydrogens is 220 g/mol. The molecule has 0 aromatic heterocycles. The van der Waals surface area contributed by atoms with Crippen LogP contribution in [0.3, 0.4) is 0 Å². The van der Waals surface area contributed by atoms with Gasteiger partial charge < -0.3 is 5.11 Å². The summed E-state index contributed by atoms with van der Waals surface area (Å²) < 4.78 is 0. The molecule has 0 saturated carbocycles. The fraction of sp³-hybridized carbons (Fsp3) is 0.647. The van der Waals surface area contributed by atoms with Crippen LogP contribution >= 0.6 is 0 Å². The van der Waals surface area contributed by atoms with Crippen LogP contribution in [0.1, 0.15) is 69.4 Å². The first kappa shape index (κ1) is 15.2. The average Bonchev–Trinajstić information content (AvgIpc) is 2.35. The van der Waals surface area contributed by atoms with Gasteiger partial charge in [-0.25, -0.2) is 0 Å². The van der Waals surface area contributed by atoms with E-state index >= 15 is 0 Å². The topological polar surface area (TPSA) is 20.2 Å². The van der Waals surface area contributed by atoms with Crippen LogP contribution in [0.2, 0.25) is 0 Å². The van der Waals surface area contributed by atoms with Crippen LogP contribution in [0.15, 0.2) is 12.1 Å². The van der Waals surface area contributed by atoms with Gasteiger partial charge in [-0.05, 0) is 53.9 Å². The minimum absolute atomic E-state index is 0.305. The molecule has 0 saturated heterocycles. The Morgan fingerprint density at radius 1 is 0.944 bits per heavy atom. The predicted octanol–water partition coefficient (Wildman–Crippen LogP) is 4.45. The van der Waals surface area contributed by atoms with Crippen molar-refractivity contribution in [2.75, 3.05) is 0 Å². The predicted molar refractivity (Wildman–Crippen MR) is 79.0 cm³/mol. The lowest BCUT2D eigenvalue weighted by molar-refractivity contribution is 0.149. The molecule has 102 valence electrons. The lowest BCUT2D eigenvalue weighted by atomic mass is 9.87. The molecule has 0 amide bonds. The summed E-state index contributed by atoms with van der Waals surface area (Å²) in [4.78, 5) is 0. The third-order valence-electron chi connectivity index (χ3n) is 3.61. The minimum atomic E-state index is -0.305. The molecule has 1 rings (SSSR count). The third kappa shape index (κ3) is 3.58. The van der Waals surface area contributed by atoms with E-state index in [4.69, 9.17) is 0 Å². The van der Waals surface area contributed by atoms with Crippen molar-refractivity contribution in [3.05, 3.63) is 34.4 Å². The zero-order valence-corrected chi connectivity index (χ0v) is 12.6. The fourth-order valence-electron chi connectivity index (χ4n) is 2.63. The van der Waals surface area contributed by atoms with Crippen molar-refractivity contribution in [1.29, 1.82) is 0 Å². The molecule has 0 spiro atoms. The molecule has 1 unspecified atom stereocenters. The Balaban J connectivity index is 3.21. The van der Waals surface area contributed by atoms with Gasteiger partial charge in [0.1, 0.15) is 0 Å². The number of aliphatic hydroxyl groups excluding tert-OH is 1. The zero-order chi connectivity index (χ0) is 13.7. The average molecular weight is 248 g/mol. The second-order valence-electron chi connectivity index (χ2n) is 5.53. The SMILES string of the molecule is CCc1cc(CC)c(C(O)CC(C)C)c(CC)c1. The van der Waals surface area contributed by atoms with Crippen LogP contribution in [-0.2, 0) is 19.3 Å². The van der Waals surface area contributed by atoms with Gasteiger partial charge >= 0.3 is 0 Å². The number of hydrogen-bond donors (Lipinski definition) is 1. The molecule has 0 aliphatic heterocycles. The highest BCUT2D eigenvalue weighted by Crippen LogP contribution is 2.30. The van der Waals surface area contributed by atoms with Gasteiger partial charge in [-0.1, -0.05) is 46.8 Å². The van der Waals surface area contributed by atoms with E-state index in [1.54, 1.807) is 0 Å². The summed E-state index contributed by atoms with van der Waals surface area (Å²) >= 11 is 0. The molecular formula is C17H28O. The highest BCUT2D eigenvalue weighted by atomic mass is 16.3. The summed E-state index contributed by atoms with van der Waals surface area (Å²) in [6.07, 6.45) is 3.63. The van der Waals surface area contributed by atoms with Crippen molar-refractivity contribution in [2.24, 2.45) is 5.92 Å². The van der Waals surface area contributed by atoms with Crippen molar-refractivity contribution in [2.45, 2.75) is 66.4 Å². The number of hydrogen-bond acceptors (Lipinski definition) is 1. The number of rotatable bonds is 6.